The number of hydrogen-bond donors (Lipinski definition) is 1. The minimum absolute atomic E-state index is 0.204. The number of carbonyl (C=O) groups excluding carboxylic acids is 3. The van der Waals surface area contributed by atoms with Crippen LogP contribution in [0.3, 0.4) is 0 Å². The summed E-state index contributed by atoms with van der Waals surface area (Å²) in [6.45, 7) is 0.365. The Kier molecular flexibility index (Phi) is 4.54. The average Bonchev–Trinajstić information content (AvgIpc) is 3.44. The Labute approximate surface area is 199 Å². The van der Waals surface area contributed by atoms with Gasteiger partial charge in [0.05, 0.1) is 17.8 Å². The van der Waals surface area contributed by atoms with Gasteiger partial charge in [0.25, 0.3) is 5.91 Å². The first-order valence-corrected chi connectivity index (χ1v) is 11.4. The number of halogens is 2. The van der Waals surface area contributed by atoms with Gasteiger partial charge < -0.3 is 15.1 Å². The monoisotopic (exact) mass is 480 g/mol. The van der Waals surface area contributed by atoms with Gasteiger partial charge in [-0.3, -0.25) is 4.79 Å². The van der Waals surface area contributed by atoms with Gasteiger partial charge in [-0.25, -0.2) is 14.5 Å². The van der Waals surface area contributed by atoms with E-state index in [1.54, 1.807) is 34.1 Å². The van der Waals surface area contributed by atoms with Crippen molar-refractivity contribution >= 4 is 63.3 Å². The molecule has 3 heterocycles. The molecule has 3 aromatic rings. The number of carbonyl (C=O) groups is 3. The van der Waals surface area contributed by atoms with Crippen LogP contribution in [-0.2, 0) is 4.79 Å². The summed E-state index contributed by atoms with van der Waals surface area (Å²) in [5.41, 5.74) is 1.05. The lowest BCUT2D eigenvalue weighted by atomic mass is 10.1. The second-order valence-electron chi connectivity index (χ2n) is 8.50. The van der Waals surface area contributed by atoms with Crippen molar-refractivity contribution in [2.75, 3.05) is 16.8 Å². The van der Waals surface area contributed by atoms with Crippen LogP contribution in [0.4, 0.5) is 21.0 Å². The zero-order chi connectivity index (χ0) is 22.9. The van der Waals surface area contributed by atoms with Crippen LogP contribution in [0.1, 0.15) is 6.42 Å². The molecule has 166 valence electrons. The molecular formula is C24H18Cl2N4O3. The summed E-state index contributed by atoms with van der Waals surface area (Å²) in [4.78, 5) is 44.5. The van der Waals surface area contributed by atoms with Gasteiger partial charge in [0, 0.05) is 27.7 Å². The first-order valence-electron chi connectivity index (χ1n) is 10.6. The van der Waals surface area contributed by atoms with Crippen LogP contribution in [-0.4, -0.2) is 52.4 Å². The molecule has 5 amide bonds. The molecule has 3 fully saturated rings. The van der Waals surface area contributed by atoms with Crippen LogP contribution in [0.15, 0.2) is 60.7 Å². The molecule has 7 nitrogen and oxygen atoms in total. The zero-order valence-electron chi connectivity index (χ0n) is 17.2. The van der Waals surface area contributed by atoms with Gasteiger partial charge in [-0.05, 0) is 36.1 Å². The molecule has 0 radical (unpaired) electrons. The summed E-state index contributed by atoms with van der Waals surface area (Å²) in [5.74, 6) is -0.299. The summed E-state index contributed by atoms with van der Waals surface area (Å²) in [6, 6.07) is 16.1. The Morgan fingerprint density at radius 2 is 1.70 bits per heavy atom. The first kappa shape index (κ1) is 20.3. The van der Waals surface area contributed by atoms with E-state index in [-0.39, 0.29) is 30.1 Å². The van der Waals surface area contributed by atoms with Gasteiger partial charge in [-0.15, -0.1) is 0 Å². The van der Waals surface area contributed by atoms with Crippen LogP contribution >= 0.6 is 23.2 Å². The molecule has 9 heteroatoms. The quantitative estimate of drug-likeness (QED) is 0.526. The Morgan fingerprint density at radius 1 is 0.970 bits per heavy atom. The second kappa shape index (κ2) is 7.37. The predicted octanol–water partition coefficient (Wildman–Crippen LogP) is 4.97. The highest BCUT2D eigenvalue weighted by atomic mass is 35.5. The van der Waals surface area contributed by atoms with Crippen molar-refractivity contribution in [2.24, 2.45) is 0 Å². The van der Waals surface area contributed by atoms with Crippen molar-refractivity contribution < 1.29 is 14.4 Å². The fourth-order valence-corrected chi connectivity index (χ4v) is 5.86. The Hall–Kier alpha value is -3.29. The van der Waals surface area contributed by atoms with Gasteiger partial charge in [0.15, 0.2) is 0 Å². The van der Waals surface area contributed by atoms with E-state index in [2.05, 4.69) is 5.32 Å². The Bertz CT molecular complexity index is 1320. The van der Waals surface area contributed by atoms with Crippen molar-refractivity contribution in [3.05, 3.63) is 70.7 Å². The van der Waals surface area contributed by atoms with E-state index in [1.165, 1.54) is 4.90 Å². The standard InChI is InChI=1S/C24H18Cl2N4O3/c25-14-8-15(26)10-16(9-14)27-23(32)28-12-17-11-20(28)21-22(31)30(24(33)29(17)21)19-7-3-5-13-4-1-2-6-18(13)19/h1-10,17,20-21H,11-12H2,(H,27,32)/t17-,20+,21+/m0/s1. The van der Waals surface area contributed by atoms with Crippen LogP contribution in [0.5, 0.6) is 0 Å². The van der Waals surface area contributed by atoms with Crippen LogP contribution in [0.2, 0.25) is 10.0 Å². The molecule has 0 aromatic heterocycles. The maximum absolute atomic E-state index is 13.5. The SMILES string of the molecule is O=C1[C@H]2[C@H]3C[C@@H](CN3C(=O)Nc3cc(Cl)cc(Cl)c3)N2C(=O)N1c1cccc2ccccc12. The second-order valence-corrected chi connectivity index (χ2v) is 9.38. The van der Waals surface area contributed by atoms with Crippen molar-refractivity contribution in [1.82, 2.24) is 9.80 Å². The largest absolute Gasteiger partial charge is 0.332 e. The molecule has 1 N–H and O–H groups in total. The molecule has 6 rings (SSSR count). The molecule has 0 unspecified atom stereocenters. The molecular weight excluding hydrogens is 463 g/mol. The summed E-state index contributed by atoms with van der Waals surface area (Å²) in [5, 5.41) is 5.42. The lowest BCUT2D eigenvalue weighted by Gasteiger charge is -2.34. The molecule has 3 aliphatic heterocycles. The van der Waals surface area contributed by atoms with Gasteiger partial charge in [0.1, 0.15) is 6.04 Å². The maximum Gasteiger partial charge on any atom is 0.332 e. The third-order valence-corrected chi connectivity index (χ3v) is 7.08. The Morgan fingerprint density at radius 3 is 2.48 bits per heavy atom. The summed E-state index contributed by atoms with van der Waals surface area (Å²) in [6.07, 6.45) is 0.579. The number of hydrogen-bond acceptors (Lipinski definition) is 3. The van der Waals surface area contributed by atoms with E-state index in [4.69, 9.17) is 23.2 Å². The normalized spacial score (nSPS) is 23.6. The van der Waals surface area contributed by atoms with Crippen molar-refractivity contribution in [3.8, 4) is 0 Å². The lowest BCUT2D eigenvalue weighted by Crippen LogP contribution is -2.55. The number of rotatable bonds is 2. The average molecular weight is 481 g/mol. The van der Waals surface area contributed by atoms with E-state index in [1.807, 2.05) is 36.4 Å². The summed E-state index contributed by atoms with van der Waals surface area (Å²) >= 11 is 12.1. The van der Waals surface area contributed by atoms with E-state index in [0.29, 0.717) is 34.4 Å². The minimum atomic E-state index is -0.691. The molecule has 3 saturated heterocycles. The Balaban J connectivity index is 1.29. The number of urea groups is 2. The molecule has 0 saturated carbocycles. The number of piperazine rings is 1. The number of imide groups is 1. The number of nitrogens with one attached hydrogen (secondary N) is 1. The highest BCUT2D eigenvalue weighted by Crippen LogP contribution is 2.43. The van der Waals surface area contributed by atoms with Gasteiger partial charge in [-0.1, -0.05) is 59.6 Å². The molecule has 0 aliphatic carbocycles. The summed E-state index contributed by atoms with van der Waals surface area (Å²) < 4.78 is 0. The van der Waals surface area contributed by atoms with Crippen molar-refractivity contribution in [1.29, 1.82) is 0 Å². The van der Waals surface area contributed by atoms with E-state index < -0.39 is 6.04 Å². The molecule has 3 atom stereocenters. The number of anilines is 2. The molecule has 3 aromatic carbocycles. The maximum atomic E-state index is 13.5. The highest BCUT2D eigenvalue weighted by molar-refractivity contribution is 6.35. The van der Waals surface area contributed by atoms with Crippen LogP contribution in [0.25, 0.3) is 10.8 Å². The number of likely N-dealkylation sites (tertiary alicyclic amines) is 1. The number of nitrogens with zero attached hydrogens (tertiary/aromatic N) is 3. The van der Waals surface area contributed by atoms with E-state index in [0.717, 1.165) is 10.8 Å². The topological polar surface area (TPSA) is 73.0 Å². The predicted molar refractivity (Wildman–Crippen MR) is 127 cm³/mol. The fraction of sp³-hybridized carbons (Fsp3) is 0.208. The lowest BCUT2D eigenvalue weighted by molar-refractivity contribution is -0.120. The van der Waals surface area contributed by atoms with Crippen molar-refractivity contribution in [3.63, 3.8) is 0 Å². The molecule has 3 aliphatic rings. The van der Waals surface area contributed by atoms with E-state index >= 15 is 0 Å². The smallest absolute Gasteiger partial charge is 0.317 e. The van der Waals surface area contributed by atoms with Crippen LogP contribution < -0.4 is 10.2 Å². The fourth-order valence-electron chi connectivity index (χ4n) is 5.34. The van der Waals surface area contributed by atoms with Crippen LogP contribution in [0, 0.1) is 0 Å². The van der Waals surface area contributed by atoms with Gasteiger partial charge in [0.2, 0.25) is 0 Å². The number of benzene rings is 3. The molecule has 2 bridgehead atoms. The summed E-state index contributed by atoms with van der Waals surface area (Å²) in [7, 11) is 0. The third kappa shape index (κ3) is 3.07. The number of amides is 5. The molecule has 33 heavy (non-hydrogen) atoms. The number of fused-ring (bicyclic) bond motifs is 6. The van der Waals surface area contributed by atoms with Crippen molar-refractivity contribution in [2.45, 2.75) is 24.5 Å². The zero-order valence-corrected chi connectivity index (χ0v) is 18.8. The van der Waals surface area contributed by atoms with Gasteiger partial charge in [-0.2, -0.15) is 0 Å². The first-order chi connectivity index (χ1) is 15.9. The highest BCUT2D eigenvalue weighted by Gasteiger charge is 2.63. The minimum Gasteiger partial charge on any atom is -0.317 e. The van der Waals surface area contributed by atoms with Gasteiger partial charge >= 0.3 is 12.1 Å². The van der Waals surface area contributed by atoms with E-state index in [9.17, 15) is 14.4 Å². The third-order valence-electron chi connectivity index (χ3n) is 6.65. The molecule has 0 spiro atoms.